The first-order valence-electron chi connectivity index (χ1n) is 6.48. The van der Waals surface area contributed by atoms with E-state index in [4.69, 9.17) is 0 Å². The first-order chi connectivity index (χ1) is 8.22. The summed E-state index contributed by atoms with van der Waals surface area (Å²) in [4.78, 5) is 11.5. The van der Waals surface area contributed by atoms with Crippen molar-refractivity contribution in [3.63, 3.8) is 0 Å². The molecule has 4 heteroatoms. The van der Waals surface area contributed by atoms with Crippen LogP contribution in [0.2, 0.25) is 0 Å². The number of nitrogens with zero attached hydrogens (tertiary/aromatic N) is 2. The van der Waals surface area contributed by atoms with Crippen molar-refractivity contribution in [3.8, 4) is 0 Å². The second-order valence-corrected chi connectivity index (χ2v) is 4.44. The Hall–Kier alpha value is -1.32. The van der Waals surface area contributed by atoms with Gasteiger partial charge in [0.25, 0.3) is 0 Å². The van der Waals surface area contributed by atoms with Crippen LogP contribution in [0, 0.1) is 6.92 Å². The van der Waals surface area contributed by atoms with E-state index in [1.165, 1.54) is 19.3 Å². The van der Waals surface area contributed by atoms with Crippen molar-refractivity contribution in [1.29, 1.82) is 0 Å². The summed E-state index contributed by atoms with van der Waals surface area (Å²) in [6, 6.07) is 0. The zero-order valence-electron chi connectivity index (χ0n) is 10.9. The highest BCUT2D eigenvalue weighted by Gasteiger charge is 2.01. The highest BCUT2D eigenvalue weighted by atomic mass is 16.1. The third-order valence-electron chi connectivity index (χ3n) is 2.68. The second kappa shape index (κ2) is 7.87. The summed E-state index contributed by atoms with van der Waals surface area (Å²) in [6.07, 6.45) is 9.04. The van der Waals surface area contributed by atoms with E-state index in [1.54, 1.807) is 0 Å². The standard InChI is InChI=1S/C13H23N3O/c1-3-4-5-6-8-14-13(17)7-9-16-11-12(2)10-15-16/h10-11H,3-9H2,1-2H3,(H,14,17). The highest BCUT2D eigenvalue weighted by Crippen LogP contribution is 1.98. The fourth-order valence-electron chi connectivity index (χ4n) is 1.67. The number of aromatic nitrogens is 2. The molecule has 0 aromatic carbocycles. The van der Waals surface area contributed by atoms with E-state index in [9.17, 15) is 4.79 Å². The fourth-order valence-corrected chi connectivity index (χ4v) is 1.67. The van der Waals surface area contributed by atoms with Crippen LogP contribution >= 0.6 is 0 Å². The number of unbranched alkanes of at least 4 members (excludes halogenated alkanes) is 3. The summed E-state index contributed by atoms with van der Waals surface area (Å²) in [5.74, 6) is 0.120. The molecule has 0 atom stereocenters. The Labute approximate surface area is 103 Å². The Morgan fingerprint density at radius 1 is 1.41 bits per heavy atom. The van der Waals surface area contributed by atoms with Gasteiger partial charge in [0.05, 0.1) is 6.20 Å². The SMILES string of the molecule is CCCCCCNC(=O)CCn1cc(C)cn1. The largest absolute Gasteiger partial charge is 0.356 e. The number of amides is 1. The molecule has 0 aliphatic carbocycles. The van der Waals surface area contributed by atoms with E-state index in [1.807, 2.05) is 24.0 Å². The molecule has 0 saturated heterocycles. The summed E-state index contributed by atoms with van der Waals surface area (Å²) in [6.45, 7) is 5.65. The lowest BCUT2D eigenvalue weighted by molar-refractivity contribution is -0.121. The van der Waals surface area contributed by atoms with Gasteiger partial charge in [0, 0.05) is 25.7 Å². The van der Waals surface area contributed by atoms with Crippen molar-refractivity contribution in [2.45, 2.75) is 52.5 Å². The molecular weight excluding hydrogens is 214 g/mol. The van der Waals surface area contributed by atoms with Gasteiger partial charge in [-0.2, -0.15) is 5.10 Å². The molecule has 17 heavy (non-hydrogen) atoms. The van der Waals surface area contributed by atoms with Crippen LogP contribution in [0.4, 0.5) is 0 Å². The van der Waals surface area contributed by atoms with Crippen molar-refractivity contribution in [3.05, 3.63) is 18.0 Å². The van der Waals surface area contributed by atoms with E-state index >= 15 is 0 Å². The van der Waals surface area contributed by atoms with Gasteiger partial charge in [0.2, 0.25) is 5.91 Å². The summed E-state index contributed by atoms with van der Waals surface area (Å²) in [5, 5.41) is 7.08. The highest BCUT2D eigenvalue weighted by molar-refractivity contribution is 5.75. The van der Waals surface area contributed by atoms with Gasteiger partial charge in [-0.1, -0.05) is 26.2 Å². The number of nitrogens with one attached hydrogen (secondary N) is 1. The molecule has 1 heterocycles. The fraction of sp³-hybridized carbons (Fsp3) is 0.692. The van der Waals surface area contributed by atoms with Crippen LogP contribution in [0.1, 0.15) is 44.6 Å². The van der Waals surface area contributed by atoms with Gasteiger partial charge < -0.3 is 5.32 Å². The Kier molecular flexibility index (Phi) is 6.37. The van der Waals surface area contributed by atoms with Crippen LogP contribution in [0.25, 0.3) is 0 Å². The lowest BCUT2D eigenvalue weighted by atomic mass is 10.2. The van der Waals surface area contributed by atoms with Crippen molar-refractivity contribution < 1.29 is 4.79 Å². The predicted molar refractivity (Wildman–Crippen MR) is 68.7 cm³/mol. The molecule has 0 unspecified atom stereocenters. The molecule has 0 aliphatic rings. The van der Waals surface area contributed by atoms with Gasteiger partial charge in [-0.25, -0.2) is 0 Å². The summed E-state index contributed by atoms with van der Waals surface area (Å²) < 4.78 is 1.81. The van der Waals surface area contributed by atoms with Crippen LogP contribution in [0.5, 0.6) is 0 Å². The minimum Gasteiger partial charge on any atom is -0.356 e. The Balaban J connectivity index is 2.05. The molecule has 1 aromatic rings. The number of rotatable bonds is 8. The Morgan fingerprint density at radius 2 is 2.24 bits per heavy atom. The summed E-state index contributed by atoms with van der Waals surface area (Å²) in [5.41, 5.74) is 1.13. The summed E-state index contributed by atoms with van der Waals surface area (Å²) >= 11 is 0. The van der Waals surface area contributed by atoms with Crippen LogP contribution in [0.3, 0.4) is 0 Å². The molecule has 1 aromatic heterocycles. The van der Waals surface area contributed by atoms with Crippen molar-refractivity contribution in [2.75, 3.05) is 6.54 Å². The van der Waals surface area contributed by atoms with Gasteiger partial charge in [-0.15, -0.1) is 0 Å². The number of hydrogen-bond donors (Lipinski definition) is 1. The van der Waals surface area contributed by atoms with Gasteiger partial charge in [-0.05, 0) is 18.9 Å². The van der Waals surface area contributed by atoms with Crippen LogP contribution in [-0.2, 0) is 11.3 Å². The molecule has 0 spiro atoms. The van der Waals surface area contributed by atoms with Gasteiger partial charge in [0.1, 0.15) is 0 Å². The van der Waals surface area contributed by atoms with Crippen molar-refractivity contribution in [2.24, 2.45) is 0 Å². The maximum absolute atomic E-state index is 11.5. The van der Waals surface area contributed by atoms with E-state index in [0.29, 0.717) is 13.0 Å². The molecular formula is C13H23N3O. The smallest absolute Gasteiger partial charge is 0.221 e. The number of aryl methyl sites for hydroxylation is 2. The normalized spacial score (nSPS) is 10.5. The molecule has 1 amide bonds. The predicted octanol–water partition coefficient (Wildman–Crippen LogP) is 2.28. The first kappa shape index (κ1) is 13.7. The number of hydrogen-bond acceptors (Lipinski definition) is 2. The van der Waals surface area contributed by atoms with E-state index in [-0.39, 0.29) is 5.91 Å². The van der Waals surface area contributed by atoms with Gasteiger partial charge in [0.15, 0.2) is 0 Å². The van der Waals surface area contributed by atoms with Crippen LogP contribution in [-0.4, -0.2) is 22.2 Å². The summed E-state index contributed by atoms with van der Waals surface area (Å²) in [7, 11) is 0. The Morgan fingerprint density at radius 3 is 2.88 bits per heavy atom. The first-order valence-corrected chi connectivity index (χ1v) is 6.48. The minimum atomic E-state index is 0.120. The molecule has 0 bridgehead atoms. The minimum absolute atomic E-state index is 0.120. The van der Waals surface area contributed by atoms with Crippen LogP contribution < -0.4 is 5.32 Å². The Bertz CT molecular complexity index is 333. The molecule has 96 valence electrons. The second-order valence-electron chi connectivity index (χ2n) is 4.44. The average molecular weight is 237 g/mol. The number of carbonyl (C=O) groups is 1. The van der Waals surface area contributed by atoms with Crippen molar-refractivity contribution >= 4 is 5.91 Å². The molecule has 0 radical (unpaired) electrons. The molecule has 4 nitrogen and oxygen atoms in total. The van der Waals surface area contributed by atoms with E-state index in [2.05, 4.69) is 17.3 Å². The topological polar surface area (TPSA) is 46.9 Å². The zero-order chi connectivity index (χ0) is 12.5. The molecule has 0 aliphatic heterocycles. The van der Waals surface area contributed by atoms with Gasteiger partial charge in [-0.3, -0.25) is 9.48 Å². The van der Waals surface area contributed by atoms with E-state index < -0.39 is 0 Å². The molecule has 1 rings (SSSR count). The maximum atomic E-state index is 11.5. The lowest BCUT2D eigenvalue weighted by Gasteiger charge is -2.05. The molecule has 0 fully saturated rings. The van der Waals surface area contributed by atoms with Crippen molar-refractivity contribution in [1.82, 2.24) is 15.1 Å². The average Bonchev–Trinajstić information content (AvgIpc) is 2.72. The quantitative estimate of drug-likeness (QED) is 0.705. The molecule has 0 saturated carbocycles. The van der Waals surface area contributed by atoms with Gasteiger partial charge >= 0.3 is 0 Å². The monoisotopic (exact) mass is 237 g/mol. The lowest BCUT2D eigenvalue weighted by Crippen LogP contribution is -2.25. The maximum Gasteiger partial charge on any atom is 0.221 e. The third kappa shape index (κ3) is 6.09. The molecule has 1 N–H and O–H groups in total. The van der Waals surface area contributed by atoms with Crippen LogP contribution in [0.15, 0.2) is 12.4 Å². The third-order valence-corrected chi connectivity index (χ3v) is 2.68. The number of carbonyl (C=O) groups excluding carboxylic acids is 1. The zero-order valence-corrected chi connectivity index (χ0v) is 10.9. The van der Waals surface area contributed by atoms with E-state index in [0.717, 1.165) is 18.5 Å².